The summed E-state index contributed by atoms with van der Waals surface area (Å²) in [6, 6.07) is 0.940. The Bertz CT molecular complexity index is 491. The van der Waals surface area contributed by atoms with Gasteiger partial charge in [0, 0.05) is 13.2 Å². The first-order chi connectivity index (χ1) is 8.73. The molecule has 2 atom stereocenters. The van der Waals surface area contributed by atoms with E-state index in [1.807, 2.05) is 0 Å². The zero-order valence-corrected chi connectivity index (χ0v) is 9.66. The van der Waals surface area contributed by atoms with E-state index in [-0.39, 0.29) is 5.82 Å². The summed E-state index contributed by atoms with van der Waals surface area (Å²) in [6.07, 6.45) is -7.02. The first kappa shape index (κ1) is 13.6. The monoisotopic (exact) mass is 277 g/mol. The molecule has 1 aliphatic rings. The van der Waals surface area contributed by atoms with Crippen LogP contribution in [0.15, 0.2) is 18.3 Å². The normalized spacial score (nSPS) is 24.2. The lowest BCUT2D eigenvalue weighted by atomic mass is 10.2. The molecule has 6 nitrogen and oxygen atoms in total. The fraction of sp³-hybridized carbons (Fsp3) is 0.400. The fourth-order valence-electron chi connectivity index (χ4n) is 1.66. The second-order valence-electron chi connectivity index (χ2n) is 3.99. The summed E-state index contributed by atoms with van der Waals surface area (Å²) in [5, 5.41) is 19.1. The predicted molar refractivity (Wildman–Crippen MR) is 56.9 cm³/mol. The minimum atomic E-state index is -4.53. The third-order valence-corrected chi connectivity index (χ3v) is 2.76. The lowest BCUT2D eigenvalue weighted by Crippen LogP contribution is -2.37. The maximum absolute atomic E-state index is 12.4. The van der Waals surface area contributed by atoms with E-state index in [9.17, 15) is 28.2 Å². The molecular weight excluding hydrogens is 267 g/mol. The standard InChI is InChI=1S/C10H10F3N3O3/c1-15-7(17)8(18)16(9(15)19)6-3-2-5(4-14-6)10(11,12)13/h2-4,7-8,17-18H,1H3. The van der Waals surface area contributed by atoms with Gasteiger partial charge in [-0.05, 0) is 12.1 Å². The van der Waals surface area contributed by atoms with Crippen LogP contribution in [0.1, 0.15) is 5.56 Å². The van der Waals surface area contributed by atoms with Crippen molar-refractivity contribution in [3.63, 3.8) is 0 Å². The van der Waals surface area contributed by atoms with E-state index in [0.717, 1.165) is 17.0 Å². The molecule has 0 aliphatic carbocycles. The van der Waals surface area contributed by atoms with E-state index in [4.69, 9.17) is 0 Å². The number of aromatic nitrogens is 1. The van der Waals surface area contributed by atoms with Crippen LogP contribution in [0.2, 0.25) is 0 Å². The molecular formula is C10H10F3N3O3. The Morgan fingerprint density at radius 3 is 2.26 bits per heavy atom. The largest absolute Gasteiger partial charge is 0.417 e. The topological polar surface area (TPSA) is 76.9 Å². The predicted octanol–water partition coefficient (Wildman–Crippen LogP) is 0.609. The summed E-state index contributed by atoms with van der Waals surface area (Å²) in [5.74, 6) is -0.172. The third-order valence-electron chi connectivity index (χ3n) is 2.76. The Labute approximate surface area is 105 Å². The number of carbonyl (C=O) groups excluding carboxylic acids is 1. The maximum Gasteiger partial charge on any atom is 0.417 e. The molecule has 104 valence electrons. The van der Waals surface area contributed by atoms with Gasteiger partial charge >= 0.3 is 12.2 Å². The molecule has 19 heavy (non-hydrogen) atoms. The van der Waals surface area contributed by atoms with Crippen molar-refractivity contribution >= 4 is 11.8 Å². The van der Waals surface area contributed by atoms with Crippen LogP contribution in [0.4, 0.5) is 23.8 Å². The average Bonchev–Trinajstić information content (AvgIpc) is 2.53. The number of aliphatic hydroxyl groups excluding tert-OH is 2. The van der Waals surface area contributed by atoms with Crippen LogP contribution in [0.3, 0.4) is 0 Å². The van der Waals surface area contributed by atoms with Crippen molar-refractivity contribution in [3.05, 3.63) is 23.9 Å². The Balaban J connectivity index is 2.31. The number of anilines is 1. The molecule has 1 fully saturated rings. The van der Waals surface area contributed by atoms with Gasteiger partial charge in [-0.15, -0.1) is 0 Å². The van der Waals surface area contributed by atoms with Gasteiger partial charge in [0.15, 0.2) is 12.5 Å². The number of pyridine rings is 1. The number of rotatable bonds is 1. The number of urea groups is 1. The number of aliphatic hydroxyl groups is 2. The van der Waals surface area contributed by atoms with Gasteiger partial charge in [-0.1, -0.05) is 0 Å². The smallest absolute Gasteiger partial charge is 0.369 e. The molecule has 2 rings (SSSR count). The van der Waals surface area contributed by atoms with Gasteiger partial charge in [0.2, 0.25) is 0 Å². The van der Waals surface area contributed by atoms with E-state index < -0.39 is 30.2 Å². The van der Waals surface area contributed by atoms with E-state index in [2.05, 4.69) is 4.98 Å². The van der Waals surface area contributed by atoms with Crippen molar-refractivity contribution in [1.29, 1.82) is 0 Å². The summed E-state index contributed by atoms with van der Waals surface area (Å²) in [4.78, 5) is 16.7. The number of likely N-dealkylation sites (N-methyl/N-ethyl adjacent to an activating group) is 1. The number of hydrogen-bond donors (Lipinski definition) is 2. The average molecular weight is 277 g/mol. The minimum absolute atomic E-state index is 0.172. The number of nitrogens with zero attached hydrogens (tertiary/aromatic N) is 3. The molecule has 1 aromatic heterocycles. The summed E-state index contributed by atoms with van der Waals surface area (Å²) in [7, 11) is 1.25. The van der Waals surface area contributed by atoms with Gasteiger partial charge in [-0.2, -0.15) is 13.2 Å². The van der Waals surface area contributed by atoms with Crippen LogP contribution in [-0.4, -0.2) is 45.6 Å². The van der Waals surface area contributed by atoms with Crippen LogP contribution in [0, 0.1) is 0 Å². The number of hydrogen-bond acceptors (Lipinski definition) is 4. The fourth-order valence-corrected chi connectivity index (χ4v) is 1.66. The molecule has 1 aromatic rings. The molecule has 0 aromatic carbocycles. The van der Waals surface area contributed by atoms with Crippen LogP contribution >= 0.6 is 0 Å². The summed E-state index contributed by atoms with van der Waals surface area (Å²) in [6.45, 7) is 0. The van der Waals surface area contributed by atoms with Crippen molar-refractivity contribution in [2.45, 2.75) is 18.6 Å². The van der Waals surface area contributed by atoms with E-state index in [1.165, 1.54) is 7.05 Å². The molecule has 9 heteroatoms. The lowest BCUT2D eigenvalue weighted by Gasteiger charge is -2.18. The van der Waals surface area contributed by atoms with Gasteiger partial charge in [0.25, 0.3) is 0 Å². The molecule has 2 amide bonds. The third kappa shape index (κ3) is 2.22. The highest BCUT2D eigenvalue weighted by Crippen LogP contribution is 2.30. The summed E-state index contributed by atoms with van der Waals surface area (Å²) < 4.78 is 37.1. The molecule has 1 saturated heterocycles. The maximum atomic E-state index is 12.4. The molecule has 0 spiro atoms. The Morgan fingerprint density at radius 2 is 1.89 bits per heavy atom. The molecule has 2 unspecified atom stereocenters. The zero-order chi connectivity index (χ0) is 14.4. The van der Waals surface area contributed by atoms with Crippen LogP contribution in [0.25, 0.3) is 0 Å². The van der Waals surface area contributed by atoms with Crippen molar-refractivity contribution in [2.75, 3.05) is 11.9 Å². The van der Waals surface area contributed by atoms with Crippen LogP contribution < -0.4 is 4.90 Å². The van der Waals surface area contributed by atoms with E-state index in [0.29, 0.717) is 11.1 Å². The van der Waals surface area contributed by atoms with Crippen LogP contribution in [0.5, 0.6) is 0 Å². The Morgan fingerprint density at radius 1 is 1.26 bits per heavy atom. The zero-order valence-electron chi connectivity index (χ0n) is 9.66. The Hall–Kier alpha value is -1.87. The highest BCUT2D eigenvalue weighted by Gasteiger charge is 2.43. The molecule has 0 bridgehead atoms. The molecule has 1 aliphatic heterocycles. The summed E-state index contributed by atoms with van der Waals surface area (Å²) in [5.41, 5.74) is -0.966. The quantitative estimate of drug-likeness (QED) is 0.788. The van der Waals surface area contributed by atoms with Crippen molar-refractivity contribution < 1.29 is 28.2 Å². The first-order valence-electron chi connectivity index (χ1n) is 5.19. The number of alkyl halides is 3. The van der Waals surface area contributed by atoms with Gasteiger partial charge in [-0.3, -0.25) is 4.90 Å². The highest BCUT2D eigenvalue weighted by atomic mass is 19.4. The molecule has 2 heterocycles. The van der Waals surface area contributed by atoms with Gasteiger partial charge in [0.1, 0.15) is 5.82 Å². The second kappa shape index (κ2) is 4.35. The second-order valence-corrected chi connectivity index (χ2v) is 3.99. The number of amides is 2. The minimum Gasteiger partial charge on any atom is -0.369 e. The molecule has 2 N–H and O–H groups in total. The first-order valence-corrected chi connectivity index (χ1v) is 5.19. The number of carbonyl (C=O) groups is 1. The Kier molecular flexibility index (Phi) is 3.11. The number of halogens is 3. The van der Waals surface area contributed by atoms with Crippen molar-refractivity contribution in [1.82, 2.24) is 9.88 Å². The van der Waals surface area contributed by atoms with Crippen molar-refractivity contribution in [2.24, 2.45) is 0 Å². The molecule has 0 saturated carbocycles. The van der Waals surface area contributed by atoms with Gasteiger partial charge in [-0.25, -0.2) is 14.7 Å². The highest BCUT2D eigenvalue weighted by molar-refractivity contribution is 5.93. The SMILES string of the molecule is CN1C(=O)N(c2ccc(C(F)(F)F)cn2)C(O)C1O. The van der Waals surface area contributed by atoms with Gasteiger partial charge < -0.3 is 10.2 Å². The van der Waals surface area contributed by atoms with Crippen molar-refractivity contribution in [3.8, 4) is 0 Å². The van der Waals surface area contributed by atoms with E-state index in [1.54, 1.807) is 0 Å². The van der Waals surface area contributed by atoms with E-state index >= 15 is 0 Å². The van der Waals surface area contributed by atoms with Gasteiger partial charge in [0.05, 0.1) is 5.56 Å². The van der Waals surface area contributed by atoms with Crippen LogP contribution in [-0.2, 0) is 6.18 Å². The summed E-state index contributed by atoms with van der Waals surface area (Å²) >= 11 is 0. The molecule has 0 radical (unpaired) electrons. The lowest BCUT2D eigenvalue weighted by molar-refractivity contribution is -0.137.